The Bertz CT molecular complexity index is 581. The van der Waals surface area contributed by atoms with Crippen LogP contribution in [0.3, 0.4) is 0 Å². The van der Waals surface area contributed by atoms with Gasteiger partial charge in [-0.15, -0.1) is 0 Å². The van der Waals surface area contributed by atoms with Crippen molar-refractivity contribution in [2.24, 2.45) is 10.2 Å². The van der Waals surface area contributed by atoms with Gasteiger partial charge in [0.1, 0.15) is 0 Å². The maximum absolute atomic E-state index is 9.03. The molecule has 0 amide bonds. The number of benzene rings is 2. The van der Waals surface area contributed by atoms with Gasteiger partial charge in [0.2, 0.25) is 0 Å². The number of likely N-dealkylation sites (N-methyl/N-ethyl adjacent to an activating group) is 1. The summed E-state index contributed by atoms with van der Waals surface area (Å²) in [5, 5.41) is 18.1. The Kier molecular flexibility index (Phi) is 5.72. The highest BCUT2D eigenvalue weighted by Crippen LogP contribution is 2.23. The molecule has 0 bridgehead atoms. The van der Waals surface area contributed by atoms with E-state index in [1.807, 2.05) is 36.4 Å². The van der Waals surface area contributed by atoms with Crippen LogP contribution in [-0.4, -0.2) is 24.8 Å². The monoisotopic (exact) mass is 303 g/mol. The van der Waals surface area contributed by atoms with Gasteiger partial charge in [0, 0.05) is 23.8 Å². The number of hydrogen-bond donors (Lipinski definition) is 1. The Morgan fingerprint density at radius 3 is 1.95 bits per heavy atom. The molecule has 110 valence electrons. The predicted molar refractivity (Wildman–Crippen MR) is 87.0 cm³/mol. The van der Waals surface area contributed by atoms with Crippen molar-refractivity contribution < 1.29 is 5.11 Å². The molecule has 0 saturated carbocycles. The van der Waals surface area contributed by atoms with Gasteiger partial charge in [-0.25, -0.2) is 0 Å². The molecule has 0 fully saturated rings. The van der Waals surface area contributed by atoms with Gasteiger partial charge in [-0.05, 0) is 55.5 Å². The van der Waals surface area contributed by atoms with E-state index in [9.17, 15) is 0 Å². The zero-order valence-electron chi connectivity index (χ0n) is 11.9. The third kappa shape index (κ3) is 4.55. The first-order chi connectivity index (χ1) is 10.2. The van der Waals surface area contributed by atoms with E-state index < -0.39 is 0 Å². The molecule has 0 unspecified atom stereocenters. The lowest BCUT2D eigenvalue weighted by molar-refractivity contribution is 0.302. The molecule has 0 aliphatic carbocycles. The van der Waals surface area contributed by atoms with E-state index in [1.165, 1.54) is 0 Å². The molecule has 0 saturated heterocycles. The molecule has 0 spiro atoms. The minimum Gasteiger partial charge on any atom is -0.395 e. The Labute approximate surface area is 129 Å². The van der Waals surface area contributed by atoms with Gasteiger partial charge in [0.25, 0.3) is 0 Å². The molecule has 2 aromatic rings. The van der Waals surface area contributed by atoms with Crippen LogP contribution in [0.1, 0.15) is 6.92 Å². The van der Waals surface area contributed by atoms with E-state index in [0.29, 0.717) is 11.6 Å². The zero-order valence-corrected chi connectivity index (χ0v) is 12.7. The Hall–Kier alpha value is -1.91. The average Bonchev–Trinajstić information content (AvgIpc) is 2.53. The Morgan fingerprint density at radius 2 is 1.48 bits per heavy atom. The molecule has 2 aromatic carbocycles. The van der Waals surface area contributed by atoms with Crippen molar-refractivity contribution in [1.29, 1.82) is 0 Å². The molecule has 0 aliphatic heterocycles. The molecule has 21 heavy (non-hydrogen) atoms. The molecule has 2 rings (SSSR count). The van der Waals surface area contributed by atoms with Gasteiger partial charge >= 0.3 is 0 Å². The second-order valence-corrected chi connectivity index (χ2v) is 4.93. The van der Waals surface area contributed by atoms with Gasteiger partial charge < -0.3 is 10.0 Å². The van der Waals surface area contributed by atoms with Crippen molar-refractivity contribution in [3.63, 3.8) is 0 Å². The summed E-state index contributed by atoms with van der Waals surface area (Å²) < 4.78 is 0. The number of nitrogens with zero attached hydrogens (tertiary/aromatic N) is 3. The largest absolute Gasteiger partial charge is 0.395 e. The predicted octanol–water partition coefficient (Wildman–Crippen LogP) is 4.57. The quantitative estimate of drug-likeness (QED) is 0.794. The minimum absolute atomic E-state index is 0.145. The van der Waals surface area contributed by atoms with Crippen molar-refractivity contribution in [2.75, 3.05) is 24.6 Å². The van der Waals surface area contributed by atoms with Gasteiger partial charge in [-0.2, -0.15) is 10.2 Å². The van der Waals surface area contributed by atoms with Gasteiger partial charge in [0.15, 0.2) is 0 Å². The van der Waals surface area contributed by atoms with Gasteiger partial charge in [-0.3, -0.25) is 0 Å². The van der Waals surface area contributed by atoms with E-state index in [4.69, 9.17) is 16.7 Å². The molecule has 0 atom stereocenters. The number of aliphatic hydroxyl groups is 1. The van der Waals surface area contributed by atoms with Crippen molar-refractivity contribution in [2.45, 2.75) is 6.92 Å². The van der Waals surface area contributed by atoms with Crippen LogP contribution < -0.4 is 4.90 Å². The highest BCUT2D eigenvalue weighted by atomic mass is 35.5. The second kappa shape index (κ2) is 7.76. The zero-order chi connectivity index (χ0) is 15.1. The van der Waals surface area contributed by atoms with Crippen LogP contribution in [-0.2, 0) is 0 Å². The molecular formula is C16H18ClN3O. The third-order valence-electron chi connectivity index (χ3n) is 3.07. The fourth-order valence-corrected chi connectivity index (χ4v) is 2.07. The minimum atomic E-state index is 0.145. The third-order valence-corrected chi connectivity index (χ3v) is 3.33. The SMILES string of the molecule is CCN(CCO)c1ccc(N=Nc2ccc(Cl)cc2)cc1. The summed E-state index contributed by atoms with van der Waals surface area (Å²) in [5.41, 5.74) is 2.62. The maximum atomic E-state index is 9.03. The molecular weight excluding hydrogens is 286 g/mol. The summed E-state index contributed by atoms with van der Waals surface area (Å²) in [7, 11) is 0. The summed E-state index contributed by atoms with van der Waals surface area (Å²) in [6, 6.07) is 15.0. The normalized spacial score (nSPS) is 11.0. The number of aliphatic hydroxyl groups excluding tert-OH is 1. The maximum Gasteiger partial charge on any atom is 0.0858 e. The summed E-state index contributed by atoms with van der Waals surface area (Å²) in [4.78, 5) is 2.10. The molecule has 0 aromatic heterocycles. The van der Waals surface area contributed by atoms with E-state index in [-0.39, 0.29) is 6.61 Å². The summed E-state index contributed by atoms with van der Waals surface area (Å²) in [6.45, 7) is 3.68. The number of anilines is 1. The van der Waals surface area contributed by atoms with Gasteiger partial charge in [0.05, 0.1) is 18.0 Å². The first-order valence-corrected chi connectivity index (χ1v) is 7.24. The van der Waals surface area contributed by atoms with E-state index in [0.717, 1.165) is 23.6 Å². The van der Waals surface area contributed by atoms with Crippen LogP contribution in [0.15, 0.2) is 58.8 Å². The van der Waals surface area contributed by atoms with Crippen molar-refractivity contribution in [3.8, 4) is 0 Å². The van der Waals surface area contributed by atoms with E-state index in [1.54, 1.807) is 12.1 Å². The highest BCUT2D eigenvalue weighted by molar-refractivity contribution is 6.30. The first-order valence-electron chi connectivity index (χ1n) is 6.86. The standard InChI is InChI=1S/C16H18ClN3O/c1-2-20(11-12-21)16-9-7-15(8-10-16)19-18-14-5-3-13(17)4-6-14/h3-10,21H,2,11-12H2,1H3. The summed E-state index contributed by atoms with van der Waals surface area (Å²) in [6.07, 6.45) is 0. The second-order valence-electron chi connectivity index (χ2n) is 4.50. The lowest BCUT2D eigenvalue weighted by Gasteiger charge is -2.21. The topological polar surface area (TPSA) is 48.2 Å². The van der Waals surface area contributed by atoms with Gasteiger partial charge in [-0.1, -0.05) is 11.6 Å². The molecule has 1 N–H and O–H groups in total. The van der Waals surface area contributed by atoms with Crippen LogP contribution >= 0.6 is 11.6 Å². The van der Waals surface area contributed by atoms with E-state index in [2.05, 4.69) is 22.1 Å². The lowest BCUT2D eigenvalue weighted by atomic mass is 10.2. The molecule has 4 nitrogen and oxygen atoms in total. The smallest absolute Gasteiger partial charge is 0.0858 e. The average molecular weight is 304 g/mol. The highest BCUT2D eigenvalue weighted by Gasteiger charge is 2.02. The van der Waals surface area contributed by atoms with Crippen LogP contribution in [0.25, 0.3) is 0 Å². The van der Waals surface area contributed by atoms with Crippen molar-refractivity contribution in [1.82, 2.24) is 0 Å². The molecule has 0 heterocycles. The summed E-state index contributed by atoms with van der Waals surface area (Å²) in [5.74, 6) is 0. The fourth-order valence-electron chi connectivity index (χ4n) is 1.94. The fraction of sp³-hybridized carbons (Fsp3) is 0.250. The van der Waals surface area contributed by atoms with Crippen molar-refractivity contribution >= 4 is 28.7 Å². The van der Waals surface area contributed by atoms with Crippen LogP contribution in [0, 0.1) is 0 Å². The Balaban J connectivity index is 2.06. The van der Waals surface area contributed by atoms with Crippen LogP contribution in [0.5, 0.6) is 0 Å². The molecule has 0 aliphatic rings. The van der Waals surface area contributed by atoms with Crippen molar-refractivity contribution in [3.05, 3.63) is 53.6 Å². The van der Waals surface area contributed by atoms with Crippen LogP contribution in [0.4, 0.5) is 17.1 Å². The number of hydrogen-bond acceptors (Lipinski definition) is 4. The lowest BCUT2D eigenvalue weighted by Crippen LogP contribution is -2.25. The Morgan fingerprint density at radius 1 is 0.952 bits per heavy atom. The van der Waals surface area contributed by atoms with E-state index >= 15 is 0 Å². The summed E-state index contributed by atoms with van der Waals surface area (Å²) >= 11 is 5.82. The van der Waals surface area contributed by atoms with Crippen LogP contribution in [0.2, 0.25) is 5.02 Å². The molecule has 0 radical (unpaired) electrons. The number of rotatable bonds is 6. The number of halogens is 1. The first kappa shape index (κ1) is 15.5. The molecule has 5 heteroatoms. The number of azo groups is 1.